The molecule has 4 rings (SSSR count). The summed E-state index contributed by atoms with van der Waals surface area (Å²) in [6, 6.07) is 12.4. The van der Waals surface area contributed by atoms with Crippen LogP contribution in [0.2, 0.25) is 5.02 Å². The van der Waals surface area contributed by atoms with Gasteiger partial charge in [-0.15, -0.1) is 0 Å². The standard InChI is InChI=1S/C28H27ClN2O6S/c1-4-6-14-37-20-9-7-8-18(15-20)23(32)21-22(17-10-12-19(29)13-11-17)31(26(34)24(21)33)28-30-16(3)25(38-28)27(35)36-5-2/h7-13,15,22,32H,4-6,14H2,1-3H3. The number of aliphatic hydroxyl groups is 1. The molecule has 1 aliphatic rings. The summed E-state index contributed by atoms with van der Waals surface area (Å²) in [4.78, 5) is 45.1. The van der Waals surface area contributed by atoms with E-state index in [2.05, 4.69) is 11.9 Å². The minimum Gasteiger partial charge on any atom is -0.507 e. The molecule has 38 heavy (non-hydrogen) atoms. The second-order valence-electron chi connectivity index (χ2n) is 8.58. The van der Waals surface area contributed by atoms with Crippen LogP contribution in [0, 0.1) is 6.92 Å². The van der Waals surface area contributed by atoms with Gasteiger partial charge in [-0.1, -0.05) is 60.5 Å². The third-order valence-corrected chi connectivity index (χ3v) is 7.35. The van der Waals surface area contributed by atoms with Gasteiger partial charge in [0.25, 0.3) is 5.78 Å². The highest BCUT2D eigenvalue weighted by atomic mass is 35.5. The van der Waals surface area contributed by atoms with Gasteiger partial charge in [-0.2, -0.15) is 0 Å². The molecule has 2 aromatic carbocycles. The lowest BCUT2D eigenvalue weighted by Crippen LogP contribution is -2.29. The molecule has 0 spiro atoms. The number of hydrogen-bond acceptors (Lipinski definition) is 8. The summed E-state index contributed by atoms with van der Waals surface area (Å²) in [5.74, 6) is -2.11. The van der Waals surface area contributed by atoms with Crippen molar-refractivity contribution >= 4 is 51.5 Å². The molecular weight excluding hydrogens is 528 g/mol. The number of halogens is 1. The molecule has 10 heteroatoms. The molecule has 1 unspecified atom stereocenters. The highest BCUT2D eigenvalue weighted by molar-refractivity contribution is 7.17. The number of Topliss-reactive ketones (excluding diaryl/α,β-unsaturated/α-hetero) is 1. The summed E-state index contributed by atoms with van der Waals surface area (Å²) in [5.41, 5.74) is 1.14. The third-order valence-electron chi connectivity index (χ3n) is 5.96. The van der Waals surface area contributed by atoms with Crippen LogP contribution in [0.25, 0.3) is 5.76 Å². The number of aliphatic hydroxyl groups excluding tert-OH is 1. The number of rotatable bonds is 9. The smallest absolute Gasteiger partial charge is 0.350 e. The molecule has 8 nitrogen and oxygen atoms in total. The predicted octanol–water partition coefficient (Wildman–Crippen LogP) is 6.09. The van der Waals surface area contributed by atoms with E-state index in [0.29, 0.717) is 34.2 Å². The molecule has 1 aliphatic heterocycles. The van der Waals surface area contributed by atoms with Crippen molar-refractivity contribution in [1.29, 1.82) is 0 Å². The van der Waals surface area contributed by atoms with Gasteiger partial charge in [0.15, 0.2) is 5.13 Å². The summed E-state index contributed by atoms with van der Waals surface area (Å²) in [5, 5.41) is 12.0. The van der Waals surface area contributed by atoms with Crippen LogP contribution in [-0.2, 0) is 14.3 Å². The van der Waals surface area contributed by atoms with Crippen LogP contribution in [-0.4, -0.2) is 41.0 Å². The topological polar surface area (TPSA) is 106 Å². The Morgan fingerprint density at radius 2 is 1.89 bits per heavy atom. The summed E-state index contributed by atoms with van der Waals surface area (Å²) in [6.45, 7) is 6.08. The Morgan fingerprint density at radius 1 is 1.16 bits per heavy atom. The highest BCUT2D eigenvalue weighted by Gasteiger charge is 2.48. The van der Waals surface area contributed by atoms with Crippen LogP contribution in [0.4, 0.5) is 5.13 Å². The van der Waals surface area contributed by atoms with E-state index >= 15 is 0 Å². The van der Waals surface area contributed by atoms with E-state index in [-0.39, 0.29) is 27.9 Å². The molecule has 0 aliphatic carbocycles. The van der Waals surface area contributed by atoms with Crippen LogP contribution in [0.15, 0.2) is 54.1 Å². The maximum Gasteiger partial charge on any atom is 0.350 e. The summed E-state index contributed by atoms with van der Waals surface area (Å²) >= 11 is 7.05. The number of unbranched alkanes of at least 4 members (excludes halogenated alkanes) is 1. The van der Waals surface area contributed by atoms with Gasteiger partial charge in [-0.05, 0) is 50.1 Å². The molecule has 0 radical (unpaired) electrons. The lowest BCUT2D eigenvalue weighted by molar-refractivity contribution is -0.132. The lowest BCUT2D eigenvalue weighted by Gasteiger charge is -2.23. The zero-order valence-corrected chi connectivity index (χ0v) is 22.8. The van der Waals surface area contributed by atoms with E-state index in [9.17, 15) is 19.5 Å². The molecule has 1 atom stereocenters. The fourth-order valence-corrected chi connectivity index (χ4v) is 5.20. The van der Waals surface area contributed by atoms with Crippen molar-refractivity contribution < 1.29 is 29.0 Å². The Balaban J connectivity index is 1.84. The summed E-state index contributed by atoms with van der Waals surface area (Å²) < 4.78 is 10.9. The first kappa shape index (κ1) is 27.3. The van der Waals surface area contributed by atoms with Gasteiger partial charge in [0, 0.05) is 10.6 Å². The molecule has 1 N–H and O–H groups in total. The highest BCUT2D eigenvalue weighted by Crippen LogP contribution is 2.44. The number of anilines is 1. The zero-order valence-electron chi connectivity index (χ0n) is 21.2. The number of ketones is 1. The van der Waals surface area contributed by atoms with E-state index in [4.69, 9.17) is 21.1 Å². The molecule has 0 saturated carbocycles. The fourth-order valence-electron chi connectivity index (χ4n) is 4.08. The minimum atomic E-state index is -1.00. The average Bonchev–Trinajstić information content (AvgIpc) is 3.41. The van der Waals surface area contributed by atoms with Crippen molar-refractivity contribution in [1.82, 2.24) is 4.98 Å². The molecule has 1 saturated heterocycles. The average molecular weight is 555 g/mol. The Kier molecular flexibility index (Phi) is 8.48. The van der Waals surface area contributed by atoms with E-state index in [1.54, 1.807) is 62.4 Å². The van der Waals surface area contributed by atoms with E-state index in [1.807, 2.05) is 0 Å². The number of carbonyl (C=O) groups is 3. The molecule has 0 bridgehead atoms. The van der Waals surface area contributed by atoms with Gasteiger partial charge in [0.2, 0.25) is 0 Å². The molecule has 3 aromatic rings. The van der Waals surface area contributed by atoms with Crippen molar-refractivity contribution in [2.45, 2.75) is 39.7 Å². The Hall–Kier alpha value is -3.69. The van der Waals surface area contributed by atoms with Gasteiger partial charge < -0.3 is 14.6 Å². The van der Waals surface area contributed by atoms with Crippen LogP contribution in [0.5, 0.6) is 5.75 Å². The van der Waals surface area contributed by atoms with Crippen molar-refractivity contribution in [3.63, 3.8) is 0 Å². The van der Waals surface area contributed by atoms with E-state index in [0.717, 1.165) is 24.2 Å². The quantitative estimate of drug-likeness (QED) is 0.112. The first-order valence-electron chi connectivity index (χ1n) is 12.2. The monoisotopic (exact) mass is 554 g/mol. The fraction of sp³-hybridized carbons (Fsp3) is 0.286. The van der Waals surface area contributed by atoms with Gasteiger partial charge in [0.1, 0.15) is 16.4 Å². The van der Waals surface area contributed by atoms with Crippen molar-refractivity contribution in [3.8, 4) is 5.75 Å². The molecule has 1 aromatic heterocycles. The SMILES string of the molecule is CCCCOc1cccc(C(O)=C2C(=O)C(=O)N(c3nc(C)c(C(=O)OCC)s3)C2c2ccc(Cl)cc2)c1. The number of hydrogen-bond donors (Lipinski definition) is 1. The minimum absolute atomic E-state index is 0.103. The number of aromatic nitrogens is 1. The number of thiazole rings is 1. The maximum atomic E-state index is 13.4. The van der Waals surface area contributed by atoms with Crippen molar-refractivity contribution in [2.24, 2.45) is 0 Å². The van der Waals surface area contributed by atoms with E-state index in [1.165, 1.54) is 4.90 Å². The number of aryl methyl sites for hydroxylation is 1. The molecular formula is C28H27ClN2O6S. The second-order valence-corrected chi connectivity index (χ2v) is 10.00. The third kappa shape index (κ3) is 5.44. The first-order chi connectivity index (χ1) is 18.3. The molecule has 2 heterocycles. The van der Waals surface area contributed by atoms with Gasteiger partial charge in [0.05, 0.1) is 30.5 Å². The van der Waals surface area contributed by atoms with Crippen LogP contribution < -0.4 is 9.64 Å². The number of carbonyl (C=O) groups excluding carboxylic acids is 3. The van der Waals surface area contributed by atoms with Crippen molar-refractivity contribution in [2.75, 3.05) is 18.1 Å². The van der Waals surface area contributed by atoms with Gasteiger partial charge in [-0.25, -0.2) is 9.78 Å². The molecule has 1 fully saturated rings. The first-order valence-corrected chi connectivity index (χ1v) is 13.4. The Morgan fingerprint density at radius 3 is 2.58 bits per heavy atom. The van der Waals surface area contributed by atoms with Gasteiger partial charge >= 0.3 is 11.9 Å². The second kappa shape index (κ2) is 11.8. The summed E-state index contributed by atoms with van der Waals surface area (Å²) in [6.07, 6.45) is 1.84. The Labute approximate surface area is 229 Å². The lowest BCUT2D eigenvalue weighted by atomic mass is 9.95. The maximum absolute atomic E-state index is 13.4. The van der Waals surface area contributed by atoms with E-state index < -0.39 is 23.7 Å². The van der Waals surface area contributed by atoms with Gasteiger partial charge in [-0.3, -0.25) is 14.5 Å². The predicted molar refractivity (Wildman–Crippen MR) is 146 cm³/mol. The molecule has 1 amide bonds. The number of ether oxygens (including phenoxy) is 2. The van der Waals surface area contributed by atoms with Crippen molar-refractivity contribution in [3.05, 3.63) is 80.8 Å². The number of benzene rings is 2. The van der Waals surface area contributed by atoms with Crippen LogP contribution >= 0.6 is 22.9 Å². The molecule has 198 valence electrons. The normalized spacial score (nSPS) is 16.6. The number of esters is 1. The number of nitrogens with zero attached hydrogens (tertiary/aromatic N) is 2. The zero-order chi connectivity index (χ0) is 27.4. The summed E-state index contributed by atoms with van der Waals surface area (Å²) in [7, 11) is 0. The number of amides is 1. The largest absolute Gasteiger partial charge is 0.507 e. The van der Waals surface area contributed by atoms with Crippen LogP contribution in [0.3, 0.4) is 0 Å². The van der Waals surface area contributed by atoms with Crippen LogP contribution in [0.1, 0.15) is 59.2 Å². The Bertz CT molecular complexity index is 1400.